The molecule has 1 unspecified atom stereocenters. The molecule has 0 spiro atoms. The molecular weight excluding hydrogens is 485 g/mol. The Kier molecular flexibility index (Phi) is 8.07. The van der Waals surface area contributed by atoms with Gasteiger partial charge in [-0.05, 0) is 45.7 Å². The molecule has 4 N–H and O–H groups in total. The lowest BCUT2D eigenvalue weighted by Crippen LogP contribution is -2.36. The Morgan fingerprint density at radius 1 is 1.22 bits per heavy atom. The third kappa shape index (κ3) is 6.93. The largest absolute Gasteiger partial charge is 0.462 e. The van der Waals surface area contributed by atoms with Crippen LogP contribution in [0.25, 0.3) is 11.2 Å². The fraction of sp³-hybridized carbons (Fsp3) is 0.478. The smallest absolute Gasteiger partial charge is 0.342 e. The van der Waals surface area contributed by atoms with Crippen LogP contribution in [0, 0.1) is 0 Å². The summed E-state index contributed by atoms with van der Waals surface area (Å²) in [7, 11) is -3.63. The molecule has 1 fully saturated rings. The summed E-state index contributed by atoms with van der Waals surface area (Å²) in [6.45, 7) is 5.64. The second-order valence-electron chi connectivity index (χ2n) is 8.91. The number of imidazole rings is 1. The predicted octanol–water partition coefficient (Wildman–Crippen LogP) is 3.16. The molecule has 0 aliphatic heterocycles. The van der Waals surface area contributed by atoms with Gasteiger partial charge in [0.15, 0.2) is 17.0 Å². The molecule has 1 aliphatic carbocycles. The van der Waals surface area contributed by atoms with E-state index in [1.165, 1.54) is 0 Å². The zero-order valence-electron chi connectivity index (χ0n) is 20.6. The maximum atomic E-state index is 13.6. The zero-order valence-corrected chi connectivity index (χ0v) is 21.5. The van der Waals surface area contributed by atoms with Gasteiger partial charge in [0.2, 0.25) is 5.95 Å². The fourth-order valence-corrected chi connectivity index (χ4v) is 5.12. The van der Waals surface area contributed by atoms with E-state index in [0.717, 1.165) is 12.8 Å². The quantitative estimate of drug-likeness (QED) is 0.174. The summed E-state index contributed by atoms with van der Waals surface area (Å²) in [5.74, 6) is 0.636. The summed E-state index contributed by atoms with van der Waals surface area (Å²) < 4.78 is 32.1. The van der Waals surface area contributed by atoms with Gasteiger partial charge in [-0.25, -0.2) is 10.1 Å². The van der Waals surface area contributed by atoms with Crippen molar-refractivity contribution in [2.24, 2.45) is 0 Å². The number of rotatable bonds is 13. The number of para-hydroxylation sites is 1. The molecule has 1 aromatic carbocycles. The van der Waals surface area contributed by atoms with Gasteiger partial charge in [0.25, 0.3) is 0 Å². The van der Waals surface area contributed by atoms with Crippen LogP contribution in [0.4, 0.5) is 11.8 Å². The summed E-state index contributed by atoms with van der Waals surface area (Å²) in [5, 5.41) is 6.10. The minimum atomic E-state index is -3.63. The third-order valence-electron chi connectivity index (χ3n) is 5.23. The molecule has 1 saturated carbocycles. The Morgan fingerprint density at radius 3 is 2.67 bits per heavy atom. The molecule has 12 nitrogen and oxygen atoms in total. The fourth-order valence-electron chi connectivity index (χ4n) is 3.42. The van der Waals surface area contributed by atoms with Gasteiger partial charge in [-0.1, -0.05) is 18.2 Å². The number of esters is 1. The van der Waals surface area contributed by atoms with E-state index in [-0.39, 0.29) is 25.0 Å². The van der Waals surface area contributed by atoms with Crippen molar-refractivity contribution in [2.75, 3.05) is 24.0 Å². The summed E-state index contributed by atoms with van der Waals surface area (Å²) in [6, 6.07) is 8.24. The molecule has 0 radical (unpaired) electrons. The summed E-state index contributed by atoms with van der Waals surface area (Å²) in [5.41, 5.74) is 7.12. The van der Waals surface area contributed by atoms with E-state index in [4.69, 9.17) is 19.7 Å². The number of nitrogens with zero attached hydrogens (tertiary/aromatic N) is 4. The van der Waals surface area contributed by atoms with Crippen LogP contribution in [-0.4, -0.2) is 56.6 Å². The average molecular weight is 518 g/mol. The Morgan fingerprint density at radius 2 is 1.97 bits per heavy atom. The van der Waals surface area contributed by atoms with E-state index in [0.29, 0.717) is 35.3 Å². The first-order valence-corrected chi connectivity index (χ1v) is 13.7. The second kappa shape index (κ2) is 11.2. The molecule has 0 amide bonds. The Balaban J connectivity index is 1.40. The van der Waals surface area contributed by atoms with Gasteiger partial charge >= 0.3 is 13.5 Å². The standard InChI is InChI=1S/C23H32N7O5P/c1-15(2)34-22(31)16(3)29-36(32,35-18-7-5-4-6-8-18)14-33-12-11-30-13-25-19-20(26-17-9-10-17)27-23(24)28-21(19)30/h4-8,13,15-17H,9-12,14H2,1-3H3,(H,29,32)(H3,24,26,27,28)/t16-,36?/m0/s1. The van der Waals surface area contributed by atoms with Crippen molar-refractivity contribution in [3.8, 4) is 5.75 Å². The number of aromatic nitrogens is 4. The minimum Gasteiger partial charge on any atom is -0.462 e. The van der Waals surface area contributed by atoms with Crippen LogP contribution in [0.2, 0.25) is 0 Å². The maximum Gasteiger partial charge on any atom is 0.342 e. The first-order chi connectivity index (χ1) is 17.2. The van der Waals surface area contributed by atoms with Gasteiger partial charge < -0.3 is 29.6 Å². The van der Waals surface area contributed by atoms with Gasteiger partial charge in [0.05, 0.1) is 19.0 Å². The van der Waals surface area contributed by atoms with Crippen LogP contribution >= 0.6 is 7.52 Å². The molecule has 4 rings (SSSR count). The molecule has 0 saturated heterocycles. The van der Waals surface area contributed by atoms with Gasteiger partial charge in [-0.3, -0.25) is 9.36 Å². The zero-order chi connectivity index (χ0) is 25.7. The number of benzene rings is 1. The third-order valence-corrected chi connectivity index (χ3v) is 7.04. The lowest BCUT2D eigenvalue weighted by Gasteiger charge is -2.24. The van der Waals surface area contributed by atoms with E-state index in [1.807, 2.05) is 6.07 Å². The van der Waals surface area contributed by atoms with E-state index >= 15 is 0 Å². The van der Waals surface area contributed by atoms with Crippen LogP contribution in [-0.2, 0) is 25.4 Å². The minimum absolute atomic E-state index is 0.153. The number of ether oxygens (including phenoxy) is 2. The van der Waals surface area contributed by atoms with Crippen LogP contribution in [0.15, 0.2) is 36.7 Å². The van der Waals surface area contributed by atoms with Crippen LogP contribution in [0.1, 0.15) is 33.6 Å². The molecule has 36 heavy (non-hydrogen) atoms. The normalized spacial score (nSPS) is 16.0. The van der Waals surface area contributed by atoms with Crippen LogP contribution in [0.3, 0.4) is 0 Å². The van der Waals surface area contributed by atoms with Crippen LogP contribution in [0.5, 0.6) is 5.75 Å². The maximum absolute atomic E-state index is 13.6. The van der Waals surface area contributed by atoms with Crippen molar-refractivity contribution in [3.63, 3.8) is 0 Å². The summed E-state index contributed by atoms with van der Waals surface area (Å²) >= 11 is 0. The first kappa shape index (κ1) is 25.9. The van der Waals surface area contributed by atoms with Crippen molar-refractivity contribution in [2.45, 2.75) is 58.3 Å². The van der Waals surface area contributed by atoms with Gasteiger partial charge in [0.1, 0.15) is 18.1 Å². The van der Waals surface area contributed by atoms with Gasteiger partial charge in [-0.15, -0.1) is 0 Å². The van der Waals surface area contributed by atoms with E-state index in [2.05, 4.69) is 25.4 Å². The molecule has 2 aromatic heterocycles. The SMILES string of the molecule is CC(C)OC(=O)[C@H](C)NP(=O)(COCCn1cnc2c(NC3CC3)nc(N)nc21)Oc1ccccc1. The topological polar surface area (TPSA) is 156 Å². The molecule has 0 bridgehead atoms. The van der Waals surface area contributed by atoms with Crippen molar-refractivity contribution >= 4 is 36.4 Å². The number of nitrogen functional groups attached to an aromatic ring is 1. The predicted molar refractivity (Wildman–Crippen MR) is 136 cm³/mol. The first-order valence-electron chi connectivity index (χ1n) is 11.9. The number of anilines is 2. The Labute approximate surface area is 209 Å². The molecular formula is C23H32N7O5P. The van der Waals surface area contributed by atoms with Crippen molar-refractivity contribution in [1.82, 2.24) is 24.6 Å². The Bertz CT molecular complexity index is 1230. The molecule has 2 heterocycles. The number of carbonyl (C=O) groups is 1. The summed E-state index contributed by atoms with van der Waals surface area (Å²) in [6.07, 6.45) is 3.26. The number of hydrogen-bond acceptors (Lipinski definition) is 10. The van der Waals surface area contributed by atoms with Crippen molar-refractivity contribution < 1.29 is 23.4 Å². The van der Waals surface area contributed by atoms with Gasteiger partial charge in [0, 0.05) is 12.6 Å². The van der Waals surface area contributed by atoms with E-state index in [9.17, 15) is 9.36 Å². The highest BCUT2D eigenvalue weighted by atomic mass is 31.2. The second-order valence-corrected chi connectivity index (χ2v) is 11.0. The number of carbonyl (C=O) groups excluding carboxylic acids is 1. The lowest BCUT2D eigenvalue weighted by molar-refractivity contribution is -0.149. The highest BCUT2D eigenvalue weighted by molar-refractivity contribution is 7.57. The van der Waals surface area contributed by atoms with Crippen molar-refractivity contribution in [1.29, 1.82) is 0 Å². The number of fused-ring (bicyclic) bond motifs is 1. The van der Waals surface area contributed by atoms with E-state index < -0.39 is 19.5 Å². The van der Waals surface area contributed by atoms with Crippen LogP contribution < -0.4 is 20.7 Å². The lowest BCUT2D eigenvalue weighted by atomic mass is 10.3. The molecule has 13 heteroatoms. The molecule has 2 atom stereocenters. The number of nitrogens with two attached hydrogens (primary N) is 1. The molecule has 194 valence electrons. The monoisotopic (exact) mass is 517 g/mol. The molecule has 1 aliphatic rings. The highest BCUT2D eigenvalue weighted by Crippen LogP contribution is 2.43. The Hall–Kier alpha value is -3.21. The van der Waals surface area contributed by atoms with E-state index in [1.54, 1.807) is 55.9 Å². The average Bonchev–Trinajstić information content (AvgIpc) is 3.54. The highest BCUT2D eigenvalue weighted by Gasteiger charge is 2.31. The number of nitrogens with one attached hydrogen (secondary N) is 2. The molecule has 3 aromatic rings. The van der Waals surface area contributed by atoms with Crippen molar-refractivity contribution in [3.05, 3.63) is 36.7 Å². The summed E-state index contributed by atoms with van der Waals surface area (Å²) in [4.78, 5) is 25.3. The van der Waals surface area contributed by atoms with Gasteiger partial charge in [-0.2, -0.15) is 9.97 Å². The number of hydrogen-bond donors (Lipinski definition) is 3.